The summed E-state index contributed by atoms with van der Waals surface area (Å²) in [4.78, 5) is 19.1. The molecule has 1 amide bonds. The summed E-state index contributed by atoms with van der Waals surface area (Å²) in [6.07, 6.45) is 0. The minimum absolute atomic E-state index is 0.0350. The lowest BCUT2D eigenvalue weighted by atomic mass is 10.1. The second kappa shape index (κ2) is 5.21. The Hall–Kier alpha value is -1.94. The first-order chi connectivity index (χ1) is 9.66. The predicted octanol–water partition coefficient (Wildman–Crippen LogP) is 1.98. The minimum Gasteiger partial charge on any atom is -0.332 e. The number of hydrogen-bond acceptors (Lipinski definition) is 3. The third-order valence-corrected chi connectivity index (χ3v) is 3.90. The van der Waals surface area contributed by atoms with Crippen molar-refractivity contribution < 1.29 is 4.79 Å². The van der Waals surface area contributed by atoms with E-state index in [9.17, 15) is 4.79 Å². The Balaban J connectivity index is 1.99. The van der Waals surface area contributed by atoms with Gasteiger partial charge in [0.2, 0.25) is 0 Å². The number of amides is 1. The largest absolute Gasteiger partial charge is 0.332 e. The van der Waals surface area contributed by atoms with Crippen molar-refractivity contribution in [2.45, 2.75) is 19.9 Å². The number of carbonyl (C=O) groups is 1. The lowest BCUT2D eigenvalue weighted by Crippen LogP contribution is -2.52. The number of fused-ring (bicyclic) bond motifs is 1. The topological polar surface area (TPSA) is 45.2 Å². The molecule has 0 spiro atoms. The van der Waals surface area contributed by atoms with Gasteiger partial charge in [0, 0.05) is 31.1 Å². The number of carbonyl (C=O) groups excluding carboxylic acids is 1. The molecule has 1 fully saturated rings. The number of aryl methyl sites for hydroxylation is 1. The molecule has 0 aliphatic carbocycles. The van der Waals surface area contributed by atoms with Crippen molar-refractivity contribution in [2.75, 3.05) is 19.6 Å². The third-order valence-electron chi connectivity index (χ3n) is 3.90. The number of aromatic nitrogens is 1. The van der Waals surface area contributed by atoms with Crippen LogP contribution >= 0.6 is 0 Å². The molecule has 1 aromatic carbocycles. The van der Waals surface area contributed by atoms with E-state index in [0.29, 0.717) is 5.69 Å². The molecular weight excluding hydrogens is 250 g/mol. The number of nitrogens with one attached hydrogen (secondary N) is 1. The Bertz CT molecular complexity index is 653. The zero-order valence-corrected chi connectivity index (χ0v) is 11.9. The smallest absolute Gasteiger partial charge is 0.272 e. The summed E-state index contributed by atoms with van der Waals surface area (Å²) in [5.74, 6) is 0.0350. The van der Waals surface area contributed by atoms with E-state index >= 15 is 0 Å². The molecule has 0 bridgehead atoms. The predicted molar refractivity (Wildman–Crippen MR) is 79.8 cm³/mol. The zero-order valence-electron chi connectivity index (χ0n) is 11.9. The number of para-hydroxylation sites is 1. The van der Waals surface area contributed by atoms with Crippen LogP contribution in [-0.4, -0.2) is 41.5 Å². The highest BCUT2D eigenvalue weighted by atomic mass is 16.2. The van der Waals surface area contributed by atoms with Crippen LogP contribution in [0.4, 0.5) is 0 Å². The van der Waals surface area contributed by atoms with E-state index in [2.05, 4.69) is 17.2 Å². The molecule has 4 nitrogen and oxygen atoms in total. The fourth-order valence-electron chi connectivity index (χ4n) is 2.75. The van der Waals surface area contributed by atoms with E-state index in [1.165, 1.54) is 0 Å². The van der Waals surface area contributed by atoms with E-state index < -0.39 is 0 Å². The highest BCUT2D eigenvalue weighted by Crippen LogP contribution is 2.19. The van der Waals surface area contributed by atoms with Crippen molar-refractivity contribution in [3.05, 3.63) is 41.6 Å². The van der Waals surface area contributed by atoms with Crippen LogP contribution in [-0.2, 0) is 0 Å². The Morgan fingerprint density at radius 2 is 2.20 bits per heavy atom. The van der Waals surface area contributed by atoms with Crippen LogP contribution in [0.2, 0.25) is 0 Å². The summed E-state index contributed by atoms with van der Waals surface area (Å²) in [5.41, 5.74) is 2.54. The van der Waals surface area contributed by atoms with Crippen LogP contribution in [0.3, 0.4) is 0 Å². The molecule has 1 aliphatic heterocycles. The second-order valence-corrected chi connectivity index (χ2v) is 5.39. The second-order valence-electron chi connectivity index (χ2n) is 5.39. The number of pyridine rings is 1. The molecule has 4 heteroatoms. The van der Waals surface area contributed by atoms with E-state index in [0.717, 1.165) is 36.1 Å². The van der Waals surface area contributed by atoms with Crippen molar-refractivity contribution in [1.82, 2.24) is 15.2 Å². The SMILES string of the molecule is Cc1cc(C(=O)N2CCNC[C@@H]2C)nc2ccccc12. The maximum atomic E-state index is 12.6. The summed E-state index contributed by atoms with van der Waals surface area (Å²) >= 11 is 0. The molecule has 1 N–H and O–H groups in total. The summed E-state index contributed by atoms with van der Waals surface area (Å²) in [6.45, 7) is 6.54. The highest BCUT2D eigenvalue weighted by Gasteiger charge is 2.25. The maximum absolute atomic E-state index is 12.6. The number of benzene rings is 1. The van der Waals surface area contributed by atoms with Crippen molar-refractivity contribution in [1.29, 1.82) is 0 Å². The molecule has 2 aromatic rings. The molecule has 104 valence electrons. The van der Waals surface area contributed by atoms with Crippen molar-refractivity contribution >= 4 is 16.8 Å². The number of piperazine rings is 1. The standard InChI is InChI=1S/C16H19N3O/c1-11-9-15(18-14-6-4-3-5-13(11)14)16(20)19-8-7-17-10-12(19)2/h3-6,9,12,17H,7-8,10H2,1-2H3/t12-/m0/s1. The monoisotopic (exact) mass is 269 g/mol. The Morgan fingerprint density at radius 3 is 3.00 bits per heavy atom. The van der Waals surface area contributed by atoms with Crippen LogP contribution < -0.4 is 5.32 Å². The van der Waals surface area contributed by atoms with Gasteiger partial charge < -0.3 is 10.2 Å². The lowest BCUT2D eigenvalue weighted by Gasteiger charge is -2.33. The molecular formula is C16H19N3O. The molecule has 0 unspecified atom stereocenters. The van der Waals surface area contributed by atoms with E-state index in [1.54, 1.807) is 0 Å². The molecule has 0 saturated carbocycles. The van der Waals surface area contributed by atoms with E-state index in [1.807, 2.05) is 42.2 Å². The van der Waals surface area contributed by atoms with Crippen molar-refractivity contribution in [3.63, 3.8) is 0 Å². The summed E-state index contributed by atoms with van der Waals surface area (Å²) in [6, 6.07) is 10.1. The first kappa shape index (κ1) is 13.1. The van der Waals surface area contributed by atoms with Gasteiger partial charge in [-0.15, -0.1) is 0 Å². The van der Waals surface area contributed by atoms with Gasteiger partial charge in [0.1, 0.15) is 5.69 Å². The van der Waals surface area contributed by atoms with E-state index in [-0.39, 0.29) is 11.9 Å². The third kappa shape index (κ3) is 2.27. The van der Waals surface area contributed by atoms with Gasteiger partial charge in [-0.1, -0.05) is 18.2 Å². The van der Waals surface area contributed by atoms with Crippen molar-refractivity contribution in [3.8, 4) is 0 Å². The number of rotatable bonds is 1. The van der Waals surface area contributed by atoms with Crippen LogP contribution in [0, 0.1) is 6.92 Å². The molecule has 2 heterocycles. The first-order valence-corrected chi connectivity index (χ1v) is 7.05. The van der Waals surface area contributed by atoms with Crippen LogP contribution in [0.5, 0.6) is 0 Å². The molecule has 0 radical (unpaired) electrons. The molecule has 3 rings (SSSR count). The zero-order chi connectivity index (χ0) is 14.1. The number of hydrogen-bond donors (Lipinski definition) is 1. The van der Waals surface area contributed by atoms with Gasteiger partial charge in [0.25, 0.3) is 5.91 Å². The maximum Gasteiger partial charge on any atom is 0.272 e. The molecule has 1 aromatic heterocycles. The van der Waals surface area contributed by atoms with Gasteiger partial charge >= 0.3 is 0 Å². The normalized spacial score (nSPS) is 19.3. The molecule has 1 saturated heterocycles. The lowest BCUT2D eigenvalue weighted by molar-refractivity contribution is 0.0650. The summed E-state index contributed by atoms with van der Waals surface area (Å²) in [5, 5.41) is 4.41. The quantitative estimate of drug-likeness (QED) is 0.861. The average molecular weight is 269 g/mol. The fraction of sp³-hybridized carbons (Fsp3) is 0.375. The van der Waals surface area contributed by atoms with Gasteiger partial charge in [0.05, 0.1) is 5.52 Å². The fourth-order valence-corrected chi connectivity index (χ4v) is 2.75. The number of nitrogens with zero attached hydrogens (tertiary/aromatic N) is 2. The van der Waals surface area contributed by atoms with Crippen LogP contribution in [0.15, 0.2) is 30.3 Å². The van der Waals surface area contributed by atoms with Gasteiger partial charge in [0.15, 0.2) is 0 Å². The van der Waals surface area contributed by atoms with Gasteiger partial charge in [-0.3, -0.25) is 4.79 Å². The van der Waals surface area contributed by atoms with Gasteiger partial charge in [-0.25, -0.2) is 4.98 Å². The average Bonchev–Trinajstić information content (AvgIpc) is 2.47. The minimum atomic E-state index is 0.0350. The Morgan fingerprint density at radius 1 is 1.40 bits per heavy atom. The summed E-state index contributed by atoms with van der Waals surface area (Å²) < 4.78 is 0. The molecule has 20 heavy (non-hydrogen) atoms. The Labute approximate surface area is 118 Å². The van der Waals surface area contributed by atoms with E-state index in [4.69, 9.17) is 0 Å². The Kier molecular flexibility index (Phi) is 3.40. The van der Waals surface area contributed by atoms with Crippen molar-refractivity contribution in [2.24, 2.45) is 0 Å². The highest BCUT2D eigenvalue weighted by molar-refractivity contribution is 5.96. The van der Waals surface area contributed by atoms with Crippen LogP contribution in [0.1, 0.15) is 23.0 Å². The van der Waals surface area contributed by atoms with Crippen LogP contribution in [0.25, 0.3) is 10.9 Å². The van der Waals surface area contributed by atoms with Gasteiger partial charge in [-0.2, -0.15) is 0 Å². The molecule has 1 atom stereocenters. The summed E-state index contributed by atoms with van der Waals surface area (Å²) in [7, 11) is 0. The van der Waals surface area contributed by atoms with Gasteiger partial charge in [-0.05, 0) is 31.5 Å². The first-order valence-electron chi connectivity index (χ1n) is 7.05. The molecule has 1 aliphatic rings.